The number of rotatable bonds is 3. The Bertz CT molecular complexity index is 569. The zero-order valence-electron chi connectivity index (χ0n) is 10.7. The number of aryl methyl sites for hydroxylation is 1. The third kappa shape index (κ3) is 2.36. The molecular formula is C13H16N4O2. The monoisotopic (exact) mass is 260 g/mol. The molecular weight excluding hydrogens is 244 g/mol. The van der Waals surface area contributed by atoms with Crippen LogP contribution in [0.25, 0.3) is 11.5 Å². The second-order valence-electron chi connectivity index (χ2n) is 4.67. The van der Waals surface area contributed by atoms with E-state index < -0.39 is 0 Å². The van der Waals surface area contributed by atoms with Crippen molar-refractivity contribution in [2.24, 2.45) is 0 Å². The zero-order valence-corrected chi connectivity index (χ0v) is 10.7. The van der Waals surface area contributed by atoms with Crippen LogP contribution in [-0.4, -0.2) is 32.9 Å². The Balaban J connectivity index is 1.88. The lowest BCUT2D eigenvalue weighted by molar-refractivity contribution is 0.191. The first-order valence-electron chi connectivity index (χ1n) is 6.47. The van der Waals surface area contributed by atoms with Crippen molar-refractivity contribution in [3.8, 4) is 11.5 Å². The largest absolute Gasteiger partial charge is 0.392 e. The predicted octanol–water partition coefficient (Wildman–Crippen LogP) is 1.09. The van der Waals surface area contributed by atoms with Crippen LogP contribution in [0.15, 0.2) is 22.9 Å². The highest BCUT2D eigenvalue weighted by Crippen LogP contribution is 2.25. The normalized spacial score (nSPS) is 22.8. The van der Waals surface area contributed by atoms with E-state index in [9.17, 15) is 5.11 Å². The summed E-state index contributed by atoms with van der Waals surface area (Å²) in [6, 6.07) is 3.85. The third-order valence-electron chi connectivity index (χ3n) is 3.33. The van der Waals surface area contributed by atoms with E-state index in [0.29, 0.717) is 24.7 Å². The summed E-state index contributed by atoms with van der Waals surface area (Å²) in [7, 11) is 0. The fraction of sp³-hybridized carbons (Fsp3) is 0.462. The van der Waals surface area contributed by atoms with Crippen molar-refractivity contribution < 1.29 is 9.63 Å². The molecule has 2 aromatic heterocycles. The summed E-state index contributed by atoms with van der Waals surface area (Å²) in [5.74, 6) is 1.02. The maximum atomic E-state index is 9.50. The Kier molecular flexibility index (Phi) is 3.27. The molecule has 2 N–H and O–H groups in total. The highest BCUT2D eigenvalue weighted by atomic mass is 16.5. The SMILES string of the molecule is CCc1cccnc1-c1noc([C@@H]2C[C@H](O)CN2)n1. The Morgan fingerprint density at radius 2 is 2.42 bits per heavy atom. The number of aliphatic hydroxyl groups is 1. The minimum Gasteiger partial charge on any atom is -0.392 e. The van der Waals surface area contributed by atoms with Gasteiger partial charge in [-0.25, -0.2) is 0 Å². The molecule has 6 nitrogen and oxygen atoms in total. The molecule has 0 aromatic carbocycles. The van der Waals surface area contributed by atoms with Gasteiger partial charge in [0.2, 0.25) is 11.7 Å². The minimum atomic E-state index is -0.346. The number of β-amino-alcohol motifs (C(OH)–C–C–N with tert-alkyl or cyclic N) is 1. The molecule has 1 aliphatic rings. The van der Waals surface area contributed by atoms with Crippen molar-refractivity contribution >= 4 is 0 Å². The highest BCUT2D eigenvalue weighted by molar-refractivity contribution is 5.53. The molecule has 0 unspecified atom stereocenters. The summed E-state index contributed by atoms with van der Waals surface area (Å²) in [6.45, 7) is 2.63. The Morgan fingerprint density at radius 1 is 1.53 bits per heavy atom. The van der Waals surface area contributed by atoms with Gasteiger partial charge in [0.05, 0.1) is 12.1 Å². The number of hydrogen-bond donors (Lipinski definition) is 2. The van der Waals surface area contributed by atoms with Crippen molar-refractivity contribution in [2.45, 2.75) is 31.9 Å². The fourth-order valence-electron chi connectivity index (χ4n) is 2.30. The van der Waals surface area contributed by atoms with Crippen LogP contribution in [0.5, 0.6) is 0 Å². The van der Waals surface area contributed by atoms with Gasteiger partial charge in [-0.15, -0.1) is 0 Å². The molecule has 2 atom stereocenters. The number of pyridine rings is 1. The molecule has 0 bridgehead atoms. The molecule has 0 radical (unpaired) electrons. The summed E-state index contributed by atoms with van der Waals surface area (Å²) in [6.07, 6.45) is 2.85. The van der Waals surface area contributed by atoms with E-state index in [-0.39, 0.29) is 12.1 Å². The molecule has 1 fully saturated rings. The van der Waals surface area contributed by atoms with Crippen molar-refractivity contribution in [1.29, 1.82) is 0 Å². The van der Waals surface area contributed by atoms with Crippen LogP contribution in [0.2, 0.25) is 0 Å². The van der Waals surface area contributed by atoms with Gasteiger partial charge in [-0.1, -0.05) is 18.1 Å². The van der Waals surface area contributed by atoms with E-state index in [2.05, 4.69) is 27.4 Å². The lowest BCUT2D eigenvalue weighted by Gasteiger charge is -2.02. The van der Waals surface area contributed by atoms with Gasteiger partial charge < -0.3 is 14.9 Å². The van der Waals surface area contributed by atoms with Crippen LogP contribution in [0.4, 0.5) is 0 Å². The quantitative estimate of drug-likeness (QED) is 0.859. The smallest absolute Gasteiger partial charge is 0.244 e. The average molecular weight is 260 g/mol. The number of aromatic nitrogens is 3. The van der Waals surface area contributed by atoms with Crippen molar-refractivity contribution in [1.82, 2.24) is 20.4 Å². The zero-order chi connectivity index (χ0) is 13.2. The Morgan fingerprint density at radius 3 is 3.16 bits per heavy atom. The molecule has 0 spiro atoms. The molecule has 19 heavy (non-hydrogen) atoms. The number of hydrogen-bond acceptors (Lipinski definition) is 6. The highest BCUT2D eigenvalue weighted by Gasteiger charge is 2.28. The van der Waals surface area contributed by atoms with Gasteiger partial charge >= 0.3 is 0 Å². The first kappa shape index (κ1) is 12.3. The predicted molar refractivity (Wildman–Crippen MR) is 68.3 cm³/mol. The van der Waals surface area contributed by atoms with E-state index in [0.717, 1.165) is 17.7 Å². The summed E-state index contributed by atoms with van der Waals surface area (Å²) in [5, 5.41) is 16.6. The fourth-order valence-corrected chi connectivity index (χ4v) is 2.30. The molecule has 0 amide bonds. The molecule has 3 heterocycles. The van der Waals surface area contributed by atoms with Gasteiger partial charge in [-0.05, 0) is 24.5 Å². The van der Waals surface area contributed by atoms with Gasteiger partial charge in [0, 0.05) is 12.7 Å². The van der Waals surface area contributed by atoms with E-state index in [1.54, 1.807) is 6.20 Å². The van der Waals surface area contributed by atoms with Gasteiger partial charge in [0.25, 0.3) is 0 Å². The van der Waals surface area contributed by atoms with Gasteiger partial charge in [0.1, 0.15) is 5.69 Å². The van der Waals surface area contributed by atoms with Crippen molar-refractivity contribution in [2.75, 3.05) is 6.54 Å². The summed E-state index contributed by atoms with van der Waals surface area (Å²) >= 11 is 0. The van der Waals surface area contributed by atoms with Crippen LogP contribution >= 0.6 is 0 Å². The molecule has 1 saturated heterocycles. The first-order valence-corrected chi connectivity index (χ1v) is 6.47. The van der Waals surface area contributed by atoms with E-state index in [1.807, 2.05) is 12.1 Å². The van der Waals surface area contributed by atoms with Crippen molar-refractivity contribution in [3.63, 3.8) is 0 Å². The maximum absolute atomic E-state index is 9.50. The second kappa shape index (κ2) is 5.07. The van der Waals surface area contributed by atoms with E-state index in [1.165, 1.54) is 0 Å². The lowest BCUT2D eigenvalue weighted by atomic mass is 10.1. The first-order chi connectivity index (χ1) is 9.28. The molecule has 3 rings (SSSR count). The average Bonchev–Trinajstić information content (AvgIpc) is 3.07. The number of aliphatic hydroxyl groups excluding tert-OH is 1. The Hall–Kier alpha value is -1.79. The molecule has 2 aromatic rings. The minimum absolute atomic E-state index is 0.0648. The second-order valence-corrected chi connectivity index (χ2v) is 4.67. The molecule has 100 valence electrons. The maximum Gasteiger partial charge on any atom is 0.244 e. The lowest BCUT2D eigenvalue weighted by Crippen LogP contribution is -2.15. The molecule has 0 aliphatic carbocycles. The molecule has 1 aliphatic heterocycles. The van der Waals surface area contributed by atoms with Crippen LogP contribution < -0.4 is 5.32 Å². The van der Waals surface area contributed by atoms with Gasteiger partial charge in [-0.2, -0.15) is 4.98 Å². The third-order valence-corrected chi connectivity index (χ3v) is 3.33. The topological polar surface area (TPSA) is 84.1 Å². The van der Waals surface area contributed by atoms with Crippen LogP contribution in [0, 0.1) is 0 Å². The van der Waals surface area contributed by atoms with E-state index >= 15 is 0 Å². The van der Waals surface area contributed by atoms with E-state index in [4.69, 9.17) is 4.52 Å². The Labute approximate surface area is 110 Å². The van der Waals surface area contributed by atoms with Crippen LogP contribution in [0.1, 0.15) is 30.8 Å². The molecule has 6 heteroatoms. The van der Waals surface area contributed by atoms with Crippen molar-refractivity contribution in [3.05, 3.63) is 29.8 Å². The van der Waals surface area contributed by atoms with Gasteiger partial charge in [-0.3, -0.25) is 4.98 Å². The summed E-state index contributed by atoms with van der Waals surface area (Å²) < 4.78 is 5.28. The standard InChI is InChI=1S/C13H16N4O2/c1-2-8-4-3-5-14-11(8)12-16-13(19-17-12)10-6-9(18)7-15-10/h3-5,9-10,15,18H,2,6-7H2,1H3/t9-,10-/m0/s1. The van der Waals surface area contributed by atoms with Crippen LogP contribution in [0.3, 0.4) is 0 Å². The number of nitrogens with zero attached hydrogens (tertiary/aromatic N) is 3. The number of nitrogens with one attached hydrogen (secondary N) is 1. The van der Waals surface area contributed by atoms with Gasteiger partial charge in [0.15, 0.2) is 0 Å². The van der Waals surface area contributed by atoms with Crippen LogP contribution in [-0.2, 0) is 6.42 Å². The summed E-state index contributed by atoms with van der Waals surface area (Å²) in [5.41, 5.74) is 1.85. The summed E-state index contributed by atoms with van der Waals surface area (Å²) in [4.78, 5) is 8.71. The molecule has 0 saturated carbocycles.